The molecule has 0 saturated heterocycles. The molecule has 3 aromatic rings. The third-order valence-corrected chi connectivity index (χ3v) is 4.00. The number of carbonyl (C=O) groups excluding carboxylic acids is 1. The van der Waals surface area contributed by atoms with Crippen molar-refractivity contribution in [3.8, 4) is 6.07 Å². The molecule has 7 nitrogen and oxygen atoms in total. The van der Waals surface area contributed by atoms with Crippen molar-refractivity contribution in [2.24, 2.45) is 0 Å². The van der Waals surface area contributed by atoms with Crippen LogP contribution in [0.2, 0.25) is 0 Å². The van der Waals surface area contributed by atoms with Gasteiger partial charge in [0.2, 0.25) is 11.8 Å². The summed E-state index contributed by atoms with van der Waals surface area (Å²) in [4.78, 5) is 18.2. The van der Waals surface area contributed by atoms with Crippen molar-refractivity contribution >= 4 is 16.8 Å². The third kappa shape index (κ3) is 2.74. The summed E-state index contributed by atoms with van der Waals surface area (Å²) >= 11 is 0. The minimum absolute atomic E-state index is 0.0980. The Morgan fingerprint density at radius 3 is 2.79 bits per heavy atom. The van der Waals surface area contributed by atoms with E-state index < -0.39 is 0 Å². The van der Waals surface area contributed by atoms with Gasteiger partial charge >= 0.3 is 0 Å². The molecule has 3 rings (SSSR count). The lowest BCUT2D eigenvalue weighted by atomic mass is 10.1. The number of aromatic nitrogens is 3. The van der Waals surface area contributed by atoms with E-state index in [0.717, 1.165) is 16.6 Å². The topological polar surface area (TPSA) is 88.0 Å². The van der Waals surface area contributed by atoms with Crippen LogP contribution in [0, 0.1) is 25.2 Å². The summed E-state index contributed by atoms with van der Waals surface area (Å²) in [5, 5.41) is 14.0. The van der Waals surface area contributed by atoms with Gasteiger partial charge in [0.1, 0.15) is 12.6 Å². The molecule has 24 heavy (non-hydrogen) atoms. The van der Waals surface area contributed by atoms with Gasteiger partial charge in [-0.2, -0.15) is 10.2 Å². The lowest BCUT2D eigenvalue weighted by Crippen LogP contribution is -2.30. The van der Waals surface area contributed by atoms with Crippen LogP contribution in [0.15, 0.2) is 28.8 Å². The molecule has 122 valence electrons. The Bertz CT molecular complexity index is 948. The lowest BCUT2D eigenvalue weighted by molar-refractivity contribution is -0.131. The van der Waals surface area contributed by atoms with Gasteiger partial charge in [-0.1, -0.05) is 23.4 Å². The summed E-state index contributed by atoms with van der Waals surface area (Å²) in [6.45, 7) is 3.99. The number of nitrogens with zero attached hydrogens (tertiary/aromatic N) is 5. The number of hydrogen-bond donors (Lipinski definition) is 0. The van der Waals surface area contributed by atoms with Gasteiger partial charge in [0, 0.05) is 18.1 Å². The summed E-state index contributed by atoms with van der Waals surface area (Å²) in [6, 6.07) is 9.82. The Kier molecular flexibility index (Phi) is 4.04. The number of aryl methyl sites for hydroxylation is 1. The molecule has 0 bridgehead atoms. The zero-order chi connectivity index (χ0) is 17.3. The van der Waals surface area contributed by atoms with Crippen molar-refractivity contribution in [2.75, 3.05) is 7.05 Å². The van der Waals surface area contributed by atoms with Gasteiger partial charge in [-0.05, 0) is 19.9 Å². The highest BCUT2D eigenvalue weighted by Crippen LogP contribution is 2.25. The Morgan fingerprint density at radius 1 is 1.38 bits per heavy atom. The summed E-state index contributed by atoms with van der Waals surface area (Å²) < 4.78 is 6.91. The number of para-hydroxylation sites is 1. The Hall–Kier alpha value is -3.14. The number of hydrogen-bond acceptors (Lipinski definition) is 5. The summed E-state index contributed by atoms with van der Waals surface area (Å²) in [5.74, 6) is 0.839. The second kappa shape index (κ2) is 6.16. The third-order valence-electron chi connectivity index (χ3n) is 4.00. The quantitative estimate of drug-likeness (QED) is 0.734. The Balaban J connectivity index is 1.85. The number of amides is 1. The van der Waals surface area contributed by atoms with Gasteiger partial charge in [-0.15, -0.1) is 0 Å². The standard InChI is InChI=1S/C17H17N5O2/c1-11-14(8-18)13-6-4-5-7-15(13)22(11)10-17(23)21(3)9-16-19-12(2)20-24-16/h4-7H,9-10H2,1-3H3. The fourth-order valence-corrected chi connectivity index (χ4v) is 2.73. The maximum absolute atomic E-state index is 12.5. The zero-order valence-corrected chi connectivity index (χ0v) is 13.8. The number of likely N-dealkylation sites (N-methyl/N-ethyl adjacent to an activating group) is 1. The maximum Gasteiger partial charge on any atom is 0.246 e. The molecule has 0 aliphatic heterocycles. The number of rotatable bonds is 4. The molecule has 0 aliphatic rings. The Labute approximate surface area is 139 Å². The average Bonchev–Trinajstić information content (AvgIpc) is 3.09. The summed E-state index contributed by atoms with van der Waals surface area (Å²) in [6.07, 6.45) is 0. The van der Waals surface area contributed by atoms with E-state index in [4.69, 9.17) is 4.52 Å². The normalized spacial score (nSPS) is 10.8. The van der Waals surface area contributed by atoms with E-state index in [1.165, 1.54) is 4.90 Å². The molecule has 0 saturated carbocycles. The molecule has 0 atom stereocenters. The van der Waals surface area contributed by atoms with Crippen molar-refractivity contribution in [1.29, 1.82) is 5.26 Å². The predicted octanol–water partition coefficient (Wildman–Crippen LogP) is 2.17. The van der Waals surface area contributed by atoms with Crippen molar-refractivity contribution < 1.29 is 9.32 Å². The highest BCUT2D eigenvalue weighted by Gasteiger charge is 2.18. The zero-order valence-electron chi connectivity index (χ0n) is 13.8. The fourth-order valence-electron chi connectivity index (χ4n) is 2.73. The lowest BCUT2D eigenvalue weighted by Gasteiger charge is -2.16. The van der Waals surface area contributed by atoms with Crippen LogP contribution in [-0.4, -0.2) is 32.6 Å². The van der Waals surface area contributed by atoms with Gasteiger partial charge in [-0.3, -0.25) is 4.79 Å². The van der Waals surface area contributed by atoms with Crippen molar-refractivity contribution in [3.63, 3.8) is 0 Å². The molecule has 0 radical (unpaired) electrons. The largest absolute Gasteiger partial charge is 0.337 e. The van der Waals surface area contributed by atoms with Gasteiger partial charge < -0.3 is 14.0 Å². The van der Waals surface area contributed by atoms with Crippen LogP contribution >= 0.6 is 0 Å². The van der Waals surface area contributed by atoms with Crippen molar-refractivity contribution in [3.05, 3.63) is 47.2 Å². The fraction of sp³-hybridized carbons (Fsp3) is 0.294. The van der Waals surface area contributed by atoms with Crippen molar-refractivity contribution in [2.45, 2.75) is 26.9 Å². The molecule has 0 spiro atoms. The molecule has 7 heteroatoms. The SMILES string of the molecule is Cc1noc(CN(C)C(=O)Cn2c(C)c(C#N)c3ccccc32)n1. The highest BCUT2D eigenvalue weighted by atomic mass is 16.5. The highest BCUT2D eigenvalue weighted by molar-refractivity contribution is 5.89. The van der Waals surface area contributed by atoms with Crippen LogP contribution in [0.5, 0.6) is 0 Å². The predicted molar refractivity (Wildman–Crippen MR) is 86.9 cm³/mol. The maximum atomic E-state index is 12.5. The number of carbonyl (C=O) groups is 1. The minimum Gasteiger partial charge on any atom is -0.337 e. The molecule has 0 aliphatic carbocycles. The first-order valence-corrected chi connectivity index (χ1v) is 7.52. The smallest absolute Gasteiger partial charge is 0.246 e. The second-order valence-corrected chi connectivity index (χ2v) is 5.66. The molecular weight excluding hydrogens is 306 g/mol. The molecule has 1 amide bonds. The molecule has 2 heterocycles. The second-order valence-electron chi connectivity index (χ2n) is 5.66. The molecule has 0 fully saturated rings. The number of nitriles is 1. The summed E-state index contributed by atoms with van der Waals surface area (Å²) in [5.41, 5.74) is 2.27. The van der Waals surface area contributed by atoms with Gasteiger partial charge in [0.25, 0.3) is 0 Å². The molecule has 0 unspecified atom stereocenters. The average molecular weight is 323 g/mol. The van der Waals surface area contributed by atoms with E-state index in [-0.39, 0.29) is 19.0 Å². The molecule has 2 aromatic heterocycles. The Morgan fingerprint density at radius 2 is 2.12 bits per heavy atom. The van der Waals surface area contributed by atoms with Crippen LogP contribution < -0.4 is 0 Å². The number of benzene rings is 1. The van der Waals surface area contributed by atoms with Crippen LogP contribution in [0.4, 0.5) is 0 Å². The first kappa shape index (κ1) is 15.7. The van der Waals surface area contributed by atoms with Gasteiger partial charge in [-0.25, -0.2) is 0 Å². The van der Waals surface area contributed by atoms with Gasteiger partial charge in [0.05, 0.1) is 17.6 Å². The van der Waals surface area contributed by atoms with Crippen LogP contribution in [0.3, 0.4) is 0 Å². The molecular formula is C17H17N5O2. The number of fused-ring (bicyclic) bond motifs is 1. The summed E-state index contributed by atoms with van der Waals surface area (Å²) in [7, 11) is 1.69. The van der Waals surface area contributed by atoms with Gasteiger partial charge in [0.15, 0.2) is 5.82 Å². The first-order chi connectivity index (χ1) is 11.5. The van der Waals surface area contributed by atoms with E-state index in [9.17, 15) is 10.1 Å². The monoisotopic (exact) mass is 323 g/mol. The van der Waals surface area contributed by atoms with E-state index >= 15 is 0 Å². The van der Waals surface area contributed by atoms with Crippen LogP contribution in [0.1, 0.15) is 23.0 Å². The minimum atomic E-state index is -0.0980. The van der Waals surface area contributed by atoms with E-state index in [1.54, 1.807) is 14.0 Å². The van der Waals surface area contributed by atoms with E-state index in [0.29, 0.717) is 17.3 Å². The van der Waals surface area contributed by atoms with E-state index in [1.807, 2.05) is 35.8 Å². The van der Waals surface area contributed by atoms with E-state index in [2.05, 4.69) is 16.2 Å². The van der Waals surface area contributed by atoms with Crippen molar-refractivity contribution in [1.82, 2.24) is 19.6 Å². The molecule has 1 aromatic carbocycles. The van der Waals surface area contributed by atoms with Crippen LogP contribution in [0.25, 0.3) is 10.9 Å². The van der Waals surface area contributed by atoms with Crippen LogP contribution in [-0.2, 0) is 17.9 Å². The first-order valence-electron chi connectivity index (χ1n) is 7.52. The molecule has 0 N–H and O–H groups in total.